The minimum absolute atomic E-state index is 0.0834. The molecule has 2 amide bonds. The number of carbonyl (C=O) groups excluding carboxylic acids is 2. The van der Waals surface area contributed by atoms with E-state index < -0.39 is 5.92 Å². The van der Waals surface area contributed by atoms with E-state index in [2.05, 4.69) is 25.7 Å². The maximum atomic E-state index is 11.9. The second-order valence-corrected chi connectivity index (χ2v) is 4.45. The molecule has 2 aromatic heterocycles. The van der Waals surface area contributed by atoms with E-state index in [1.807, 2.05) is 0 Å². The molecule has 102 valence electrons. The summed E-state index contributed by atoms with van der Waals surface area (Å²) in [5.74, 6) is -0.492. The van der Waals surface area contributed by atoms with Crippen molar-refractivity contribution < 1.29 is 9.59 Å². The predicted molar refractivity (Wildman–Crippen MR) is 69.6 cm³/mol. The summed E-state index contributed by atoms with van der Waals surface area (Å²) in [4.78, 5) is 31.6. The maximum absolute atomic E-state index is 11.9. The van der Waals surface area contributed by atoms with Gasteiger partial charge in [-0.25, -0.2) is 4.68 Å². The topological polar surface area (TPSA) is 102 Å². The van der Waals surface area contributed by atoms with E-state index in [1.54, 1.807) is 29.2 Å². The molecule has 8 nitrogen and oxygen atoms in total. The molecule has 0 spiro atoms. The molecular formula is C12H12N6O2. The van der Waals surface area contributed by atoms with Crippen molar-refractivity contribution in [1.82, 2.24) is 19.7 Å². The Kier molecular flexibility index (Phi) is 3.12. The first-order valence-corrected chi connectivity index (χ1v) is 6.11. The molecule has 2 aromatic rings. The van der Waals surface area contributed by atoms with E-state index in [9.17, 15) is 9.59 Å². The Balaban J connectivity index is 1.63. The number of pyridine rings is 1. The molecule has 3 rings (SSSR count). The van der Waals surface area contributed by atoms with Crippen LogP contribution in [0.3, 0.4) is 0 Å². The number of nitrogens with zero attached hydrogens (tertiary/aromatic N) is 4. The van der Waals surface area contributed by atoms with E-state index in [0.717, 1.165) is 0 Å². The molecule has 0 aliphatic carbocycles. The van der Waals surface area contributed by atoms with Crippen molar-refractivity contribution in [2.75, 3.05) is 10.6 Å². The number of hydrogen-bond donors (Lipinski definition) is 2. The Hall–Kier alpha value is -2.77. The van der Waals surface area contributed by atoms with Gasteiger partial charge in [0.25, 0.3) is 0 Å². The first-order chi connectivity index (χ1) is 9.72. The highest BCUT2D eigenvalue weighted by atomic mass is 16.2. The fourth-order valence-corrected chi connectivity index (χ4v) is 2.03. The van der Waals surface area contributed by atoms with Gasteiger partial charge in [0.2, 0.25) is 17.8 Å². The van der Waals surface area contributed by atoms with E-state index in [4.69, 9.17) is 0 Å². The molecule has 0 bridgehead atoms. The Morgan fingerprint density at radius 2 is 2.45 bits per heavy atom. The van der Waals surface area contributed by atoms with Crippen molar-refractivity contribution in [3.05, 3.63) is 30.9 Å². The fourth-order valence-electron chi connectivity index (χ4n) is 2.03. The van der Waals surface area contributed by atoms with Crippen molar-refractivity contribution >= 4 is 23.5 Å². The number of fused-ring (bicyclic) bond motifs is 1. The average molecular weight is 272 g/mol. The third kappa shape index (κ3) is 2.48. The molecular weight excluding hydrogens is 260 g/mol. The largest absolute Gasteiger partial charge is 0.325 e. The number of rotatable bonds is 3. The molecule has 0 aromatic carbocycles. The van der Waals surface area contributed by atoms with E-state index in [0.29, 0.717) is 18.2 Å². The zero-order valence-corrected chi connectivity index (χ0v) is 10.5. The summed E-state index contributed by atoms with van der Waals surface area (Å²) in [5.41, 5.74) is 0.607. The standard InChI is InChI=1S/C12H12N6O2/c19-10(16-9-2-1-3-13-5-9)4-8-6-18-12(14-7-15-18)17-11(8)20/h1-3,5,7-8H,4,6H2,(H,16,19)(H,14,15,17,20)/t8-/m1/s1. The van der Waals surface area contributed by atoms with Crippen LogP contribution in [-0.2, 0) is 16.1 Å². The van der Waals surface area contributed by atoms with Gasteiger partial charge >= 0.3 is 0 Å². The summed E-state index contributed by atoms with van der Waals surface area (Å²) in [6.45, 7) is 0.349. The molecule has 0 saturated carbocycles. The van der Waals surface area contributed by atoms with Crippen molar-refractivity contribution in [3.63, 3.8) is 0 Å². The molecule has 0 fully saturated rings. The van der Waals surface area contributed by atoms with Crippen LogP contribution >= 0.6 is 0 Å². The van der Waals surface area contributed by atoms with Gasteiger partial charge in [-0.3, -0.25) is 19.9 Å². The SMILES string of the molecule is O=C(C[C@@H]1Cn2ncnc2NC1=O)Nc1cccnc1. The van der Waals surface area contributed by atoms with Crippen LogP contribution in [-0.4, -0.2) is 31.6 Å². The van der Waals surface area contributed by atoms with Gasteiger partial charge in [0.1, 0.15) is 6.33 Å². The summed E-state index contributed by atoms with van der Waals surface area (Å²) in [7, 11) is 0. The maximum Gasteiger partial charge on any atom is 0.232 e. The molecule has 1 atom stereocenters. The quantitative estimate of drug-likeness (QED) is 0.835. The van der Waals surface area contributed by atoms with Gasteiger partial charge in [-0.2, -0.15) is 10.1 Å². The molecule has 1 aliphatic rings. The highest BCUT2D eigenvalue weighted by Crippen LogP contribution is 2.18. The molecule has 0 radical (unpaired) electrons. The number of hydrogen-bond acceptors (Lipinski definition) is 5. The molecule has 0 saturated heterocycles. The van der Waals surface area contributed by atoms with Crippen LogP contribution in [0.2, 0.25) is 0 Å². The van der Waals surface area contributed by atoms with Crippen LogP contribution < -0.4 is 10.6 Å². The van der Waals surface area contributed by atoms with Crippen LogP contribution in [0.4, 0.5) is 11.6 Å². The molecule has 0 unspecified atom stereocenters. The second-order valence-electron chi connectivity index (χ2n) is 4.45. The highest BCUT2D eigenvalue weighted by molar-refractivity contribution is 5.98. The lowest BCUT2D eigenvalue weighted by Crippen LogP contribution is -2.36. The van der Waals surface area contributed by atoms with Crippen LogP contribution in [0, 0.1) is 5.92 Å². The van der Waals surface area contributed by atoms with Gasteiger partial charge in [0.05, 0.1) is 24.3 Å². The minimum Gasteiger partial charge on any atom is -0.325 e. The van der Waals surface area contributed by atoms with Crippen molar-refractivity contribution in [2.45, 2.75) is 13.0 Å². The molecule has 8 heteroatoms. The Bertz CT molecular complexity index is 638. The summed E-state index contributed by atoms with van der Waals surface area (Å²) < 4.78 is 1.57. The van der Waals surface area contributed by atoms with Crippen molar-refractivity contribution in [1.29, 1.82) is 0 Å². The molecule has 1 aliphatic heterocycles. The first kappa shape index (κ1) is 12.3. The zero-order chi connectivity index (χ0) is 13.9. The number of aromatic nitrogens is 4. The normalized spacial score (nSPS) is 17.2. The number of amides is 2. The Morgan fingerprint density at radius 3 is 3.25 bits per heavy atom. The highest BCUT2D eigenvalue weighted by Gasteiger charge is 2.29. The monoisotopic (exact) mass is 272 g/mol. The Labute approximate surface area is 114 Å². The molecule has 2 N–H and O–H groups in total. The number of nitrogens with one attached hydrogen (secondary N) is 2. The van der Waals surface area contributed by atoms with Crippen LogP contribution in [0.5, 0.6) is 0 Å². The summed E-state index contributed by atoms with van der Waals surface area (Å²) in [6, 6.07) is 3.46. The third-order valence-corrected chi connectivity index (χ3v) is 2.99. The average Bonchev–Trinajstić information content (AvgIpc) is 2.87. The van der Waals surface area contributed by atoms with Gasteiger partial charge in [0, 0.05) is 12.6 Å². The third-order valence-electron chi connectivity index (χ3n) is 2.99. The van der Waals surface area contributed by atoms with Gasteiger partial charge in [0.15, 0.2) is 0 Å². The van der Waals surface area contributed by atoms with E-state index in [1.165, 1.54) is 6.33 Å². The van der Waals surface area contributed by atoms with Gasteiger partial charge < -0.3 is 5.32 Å². The number of anilines is 2. The Morgan fingerprint density at radius 1 is 1.55 bits per heavy atom. The number of carbonyl (C=O) groups is 2. The zero-order valence-electron chi connectivity index (χ0n) is 10.5. The van der Waals surface area contributed by atoms with Crippen molar-refractivity contribution in [2.24, 2.45) is 5.92 Å². The van der Waals surface area contributed by atoms with Crippen LogP contribution in [0.15, 0.2) is 30.9 Å². The molecule has 20 heavy (non-hydrogen) atoms. The lowest BCUT2D eigenvalue weighted by molar-refractivity contribution is -0.125. The van der Waals surface area contributed by atoms with E-state index >= 15 is 0 Å². The summed E-state index contributed by atoms with van der Waals surface area (Å²) >= 11 is 0. The lowest BCUT2D eigenvalue weighted by Gasteiger charge is -2.21. The fraction of sp³-hybridized carbons (Fsp3) is 0.250. The second kappa shape index (κ2) is 5.08. The van der Waals surface area contributed by atoms with Gasteiger partial charge in [-0.1, -0.05) is 0 Å². The van der Waals surface area contributed by atoms with Crippen molar-refractivity contribution in [3.8, 4) is 0 Å². The lowest BCUT2D eigenvalue weighted by atomic mass is 10.0. The minimum atomic E-state index is -0.458. The predicted octanol–water partition coefficient (Wildman–Crippen LogP) is 0.270. The first-order valence-electron chi connectivity index (χ1n) is 6.11. The summed E-state index contributed by atoms with van der Waals surface area (Å²) in [5, 5.41) is 9.30. The smallest absolute Gasteiger partial charge is 0.232 e. The van der Waals surface area contributed by atoms with Crippen LogP contribution in [0.1, 0.15) is 6.42 Å². The van der Waals surface area contributed by atoms with Gasteiger partial charge in [-0.05, 0) is 12.1 Å². The summed E-state index contributed by atoms with van der Waals surface area (Å²) in [6.07, 6.45) is 4.62. The van der Waals surface area contributed by atoms with Crippen LogP contribution in [0.25, 0.3) is 0 Å². The molecule has 3 heterocycles. The van der Waals surface area contributed by atoms with E-state index in [-0.39, 0.29) is 18.2 Å². The van der Waals surface area contributed by atoms with Gasteiger partial charge in [-0.15, -0.1) is 0 Å².